The molecule has 3 aromatic rings. The van der Waals surface area contributed by atoms with Crippen LogP contribution in [0.15, 0.2) is 28.7 Å². The van der Waals surface area contributed by atoms with Gasteiger partial charge in [-0.05, 0) is 49.6 Å². The highest BCUT2D eigenvalue weighted by atomic mass is 79.9. The second kappa shape index (κ2) is 6.53. The lowest BCUT2D eigenvalue weighted by Gasteiger charge is -2.11. The van der Waals surface area contributed by atoms with E-state index in [0.717, 1.165) is 31.4 Å². The van der Waals surface area contributed by atoms with E-state index in [0.29, 0.717) is 16.4 Å². The maximum Gasteiger partial charge on any atom is 0.261 e. The molecule has 0 saturated carbocycles. The maximum atomic E-state index is 12.7. The van der Waals surface area contributed by atoms with E-state index in [1.54, 1.807) is 13.2 Å². The lowest BCUT2D eigenvalue weighted by molar-refractivity contribution is 0.102. The number of hydrogen-bond donors (Lipinski definition) is 1. The topological polar surface area (TPSA) is 51.2 Å². The minimum absolute atomic E-state index is 0.231. The molecule has 3 rings (SSSR count). The second-order valence-corrected chi connectivity index (χ2v) is 7.57. The molecule has 124 valence electrons. The van der Waals surface area contributed by atoms with Gasteiger partial charge in [0.05, 0.1) is 22.9 Å². The predicted octanol–water partition coefficient (Wildman–Crippen LogP) is 5.24. The largest absolute Gasteiger partial charge is 0.496 e. The Balaban J connectivity index is 1.99. The van der Waals surface area contributed by atoms with E-state index in [2.05, 4.69) is 32.3 Å². The van der Waals surface area contributed by atoms with Gasteiger partial charge in [0.25, 0.3) is 5.91 Å². The summed E-state index contributed by atoms with van der Waals surface area (Å²) >= 11 is 4.92. The number of rotatable bonds is 3. The van der Waals surface area contributed by atoms with E-state index in [4.69, 9.17) is 4.74 Å². The first-order valence-electron chi connectivity index (χ1n) is 7.43. The van der Waals surface area contributed by atoms with Crippen molar-refractivity contribution >= 4 is 48.5 Å². The van der Waals surface area contributed by atoms with Gasteiger partial charge >= 0.3 is 0 Å². The molecule has 0 bridgehead atoms. The summed E-state index contributed by atoms with van der Waals surface area (Å²) in [7, 11) is 1.57. The number of aromatic nitrogens is 1. The SMILES string of the molecule is COc1c(C)cc(Br)cc1C(=O)Nc1nc2c(C)ccc(C)c2s1. The van der Waals surface area contributed by atoms with Crippen molar-refractivity contribution < 1.29 is 9.53 Å². The van der Waals surface area contributed by atoms with Crippen molar-refractivity contribution in [2.24, 2.45) is 0 Å². The van der Waals surface area contributed by atoms with Crippen molar-refractivity contribution in [2.45, 2.75) is 20.8 Å². The molecule has 0 unspecified atom stereocenters. The zero-order valence-electron chi connectivity index (χ0n) is 13.9. The Kier molecular flexibility index (Phi) is 4.60. The minimum atomic E-state index is -0.231. The summed E-state index contributed by atoms with van der Waals surface area (Å²) in [6.45, 7) is 5.98. The van der Waals surface area contributed by atoms with Crippen LogP contribution < -0.4 is 10.1 Å². The number of amides is 1. The molecule has 1 N–H and O–H groups in total. The Morgan fingerprint density at radius 3 is 2.54 bits per heavy atom. The molecule has 24 heavy (non-hydrogen) atoms. The molecule has 4 nitrogen and oxygen atoms in total. The van der Waals surface area contributed by atoms with Gasteiger partial charge in [0, 0.05) is 4.47 Å². The summed E-state index contributed by atoms with van der Waals surface area (Å²) in [6, 6.07) is 7.79. The smallest absolute Gasteiger partial charge is 0.261 e. The average molecular weight is 405 g/mol. The highest BCUT2D eigenvalue weighted by Gasteiger charge is 2.18. The van der Waals surface area contributed by atoms with E-state index < -0.39 is 0 Å². The lowest BCUT2D eigenvalue weighted by atomic mass is 10.1. The van der Waals surface area contributed by atoms with Crippen LogP contribution in [-0.2, 0) is 0 Å². The van der Waals surface area contributed by atoms with Crippen molar-refractivity contribution in [3.8, 4) is 5.75 Å². The molecule has 1 aromatic heterocycles. The van der Waals surface area contributed by atoms with Crippen LogP contribution >= 0.6 is 27.3 Å². The van der Waals surface area contributed by atoms with E-state index in [1.165, 1.54) is 11.3 Å². The first-order chi connectivity index (χ1) is 11.4. The third-order valence-corrected chi connectivity index (χ3v) is 5.41. The van der Waals surface area contributed by atoms with E-state index >= 15 is 0 Å². The van der Waals surface area contributed by atoms with Gasteiger partial charge < -0.3 is 4.74 Å². The van der Waals surface area contributed by atoms with Crippen LogP contribution in [0.1, 0.15) is 27.0 Å². The molecule has 0 aliphatic carbocycles. The number of nitrogens with zero attached hydrogens (tertiary/aromatic N) is 1. The first-order valence-corrected chi connectivity index (χ1v) is 9.04. The molecule has 0 atom stereocenters. The van der Waals surface area contributed by atoms with Crippen LogP contribution in [0.5, 0.6) is 5.75 Å². The summed E-state index contributed by atoms with van der Waals surface area (Å²) in [5.74, 6) is 0.342. The molecule has 0 aliphatic heterocycles. The Morgan fingerprint density at radius 1 is 1.17 bits per heavy atom. The number of anilines is 1. The Bertz CT molecular complexity index is 911. The van der Waals surface area contributed by atoms with Gasteiger partial charge in [-0.25, -0.2) is 4.98 Å². The first kappa shape index (κ1) is 16.9. The normalized spacial score (nSPS) is 10.9. The highest BCUT2D eigenvalue weighted by molar-refractivity contribution is 9.10. The van der Waals surface area contributed by atoms with Gasteiger partial charge in [0.2, 0.25) is 0 Å². The Morgan fingerprint density at radius 2 is 1.88 bits per heavy atom. The number of nitrogens with one attached hydrogen (secondary N) is 1. The number of carbonyl (C=O) groups is 1. The van der Waals surface area contributed by atoms with Gasteiger partial charge in [0.15, 0.2) is 5.13 Å². The minimum Gasteiger partial charge on any atom is -0.496 e. The van der Waals surface area contributed by atoms with Crippen LogP contribution in [0, 0.1) is 20.8 Å². The zero-order valence-corrected chi connectivity index (χ0v) is 16.3. The van der Waals surface area contributed by atoms with Crippen LogP contribution in [0.25, 0.3) is 10.2 Å². The summed E-state index contributed by atoms with van der Waals surface area (Å²) in [6.07, 6.45) is 0. The third-order valence-electron chi connectivity index (χ3n) is 3.85. The van der Waals surface area contributed by atoms with E-state index in [1.807, 2.05) is 32.9 Å². The molecule has 2 aromatic carbocycles. The fourth-order valence-corrected chi connectivity index (χ4v) is 4.23. The number of halogens is 1. The van der Waals surface area contributed by atoms with Crippen molar-refractivity contribution in [3.05, 3.63) is 51.0 Å². The molecule has 1 amide bonds. The molecule has 0 spiro atoms. The zero-order chi connectivity index (χ0) is 17.4. The quantitative estimate of drug-likeness (QED) is 0.648. The van der Waals surface area contributed by atoms with Crippen molar-refractivity contribution in [1.82, 2.24) is 4.98 Å². The van der Waals surface area contributed by atoms with Crippen molar-refractivity contribution in [2.75, 3.05) is 12.4 Å². The van der Waals surface area contributed by atoms with Crippen molar-refractivity contribution in [3.63, 3.8) is 0 Å². The van der Waals surface area contributed by atoms with Gasteiger partial charge in [-0.15, -0.1) is 0 Å². The fourth-order valence-electron chi connectivity index (χ4n) is 2.65. The average Bonchev–Trinajstić information content (AvgIpc) is 2.95. The van der Waals surface area contributed by atoms with Crippen LogP contribution in [0.3, 0.4) is 0 Å². The van der Waals surface area contributed by atoms with Gasteiger partial charge in [-0.1, -0.05) is 39.4 Å². The van der Waals surface area contributed by atoms with Crippen LogP contribution in [0.4, 0.5) is 5.13 Å². The molecule has 1 heterocycles. The Labute approximate surface area is 153 Å². The lowest BCUT2D eigenvalue weighted by Crippen LogP contribution is -2.13. The number of fused-ring (bicyclic) bond motifs is 1. The fraction of sp³-hybridized carbons (Fsp3) is 0.222. The van der Waals surface area contributed by atoms with Gasteiger partial charge in [-0.2, -0.15) is 0 Å². The van der Waals surface area contributed by atoms with Crippen LogP contribution in [-0.4, -0.2) is 18.0 Å². The molecule has 0 radical (unpaired) electrons. The summed E-state index contributed by atoms with van der Waals surface area (Å²) in [5, 5.41) is 3.49. The molecular formula is C18H17BrN2O2S. The molecule has 0 aliphatic rings. The number of thiazole rings is 1. The summed E-state index contributed by atoms with van der Waals surface area (Å²) in [4.78, 5) is 17.3. The second-order valence-electron chi connectivity index (χ2n) is 5.65. The highest BCUT2D eigenvalue weighted by Crippen LogP contribution is 2.32. The Hall–Kier alpha value is -1.92. The number of ether oxygens (including phenoxy) is 1. The predicted molar refractivity (Wildman–Crippen MR) is 102 cm³/mol. The number of aryl methyl sites for hydroxylation is 3. The summed E-state index contributed by atoms with van der Waals surface area (Å²) < 4.78 is 7.32. The van der Waals surface area contributed by atoms with Crippen molar-refractivity contribution in [1.29, 1.82) is 0 Å². The monoisotopic (exact) mass is 404 g/mol. The molecule has 0 saturated heterocycles. The maximum absolute atomic E-state index is 12.7. The van der Waals surface area contributed by atoms with Crippen LogP contribution in [0.2, 0.25) is 0 Å². The number of benzene rings is 2. The van der Waals surface area contributed by atoms with Gasteiger partial charge in [-0.3, -0.25) is 10.1 Å². The third kappa shape index (κ3) is 3.03. The standard InChI is InChI=1S/C18H17BrN2O2S/c1-9-5-6-10(2)16-14(9)20-18(24-16)21-17(22)13-8-12(19)7-11(3)15(13)23-4/h5-8H,1-4H3,(H,20,21,22). The molecular weight excluding hydrogens is 388 g/mol. The number of hydrogen-bond acceptors (Lipinski definition) is 4. The molecule has 0 fully saturated rings. The van der Waals surface area contributed by atoms with E-state index in [9.17, 15) is 4.79 Å². The summed E-state index contributed by atoms with van der Waals surface area (Å²) in [5.41, 5.74) is 4.57. The number of methoxy groups -OCH3 is 1. The molecule has 6 heteroatoms. The number of carbonyl (C=O) groups excluding carboxylic acids is 1. The van der Waals surface area contributed by atoms with Gasteiger partial charge in [0.1, 0.15) is 5.75 Å². The van der Waals surface area contributed by atoms with E-state index in [-0.39, 0.29) is 5.91 Å².